The van der Waals surface area contributed by atoms with E-state index < -0.39 is 17.9 Å². The molecular weight excluding hydrogens is 937 g/mol. The molecule has 10 nitrogen and oxygen atoms in total. The molecule has 0 N–H and O–H groups in total. The first-order valence-electron chi connectivity index (χ1n) is 28.7. The molecular formula is C65H86N2O8. The Balaban J connectivity index is 0.920. The molecule has 0 saturated carbocycles. The van der Waals surface area contributed by atoms with Crippen LogP contribution in [0.1, 0.15) is 225 Å². The smallest absolute Gasteiger partial charge is 0.343 e. The number of benzene rings is 5. The van der Waals surface area contributed by atoms with Crippen molar-refractivity contribution < 1.29 is 38.1 Å². The van der Waals surface area contributed by atoms with E-state index >= 15 is 0 Å². The van der Waals surface area contributed by atoms with Crippen LogP contribution in [0.25, 0.3) is 0 Å². The predicted octanol–water partition coefficient (Wildman–Crippen LogP) is 19.5. The molecule has 0 atom stereocenters. The summed E-state index contributed by atoms with van der Waals surface area (Å²) in [5.41, 5.74) is 2.20. The Kier molecular flexibility index (Phi) is 29.7. The SMILES string of the molecule is CCCCCCCCCCCCCCCCOc1ccc(N=Nc2ccc(C(=O)Oc3cccc(OC(=O)c4ccc(OC(=O)c5ccc(OCCCCCCCCCCCCCCCC)cc5)cc4)c3)cc2)cc1. The van der Waals surface area contributed by atoms with Crippen LogP contribution in [0.3, 0.4) is 0 Å². The molecule has 5 aromatic carbocycles. The summed E-state index contributed by atoms with van der Waals surface area (Å²) in [4.78, 5) is 38.9. The molecule has 0 fully saturated rings. The molecule has 404 valence electrons. The van der Waals surface area contributed by atoms with Crippen molar-refractivity contribution in [1.29, 1.82) is 0 Å². The summed E-state index contributed by atoms with van der Waals surface area (Å²) in [6.07, 6.45) is 37.0. The highest BCUT2D eigenvalue weighted by atomic mass is 16.5. The number of unbranched alkanes of at least 4 members (excludes halogenated alkanes) is 26. The number of carbonyl (C=O) groups excluding carboxylic acids is 3. The van der Waals surface area contributed by atoms with Gasteiger partial charge in [-0.2, -0.15) is 10.2 Å². The average molecular weight is 1020 g/mol. The van der Waals surface area contributed by atoms with Crippen molar-refractivity contribution in [2.75, 3.05) is 13.2 Å². The Bertz CT molecular complexity index is 2350. The zero-order chi connectivity index (χ0) is 52.8. The maximum atomic E-state index is 13.0. The van der Waals surface area contributed by atoms with Crippen molar-refractivity contribution in [2.24, 2.45) is 10.2 Å². The van der Waals surface area contributed by atoms with Crippen LogP contribution in [-0.4, -0.2) is 31.1 Å². The second-order valence-electron chi connectivity index (χ2n) is 19.8. The standard InChI is InChI=1S/C65H86N2O8/c1-3-5-7-9-11-13-15-17-19-21-23-25-27-29-50-71-58-44-36-54(37-45-58)63(68)73-60-46-38-55(39-47-60)65(70)75-62-33-31-32-61(52-62)74-64(69)53-34-40-56(41-35-53)66-67-57-42-48-59(49-43-57)72-51-30-28-26-24-22-20-18-16-14-12-10-8-6-4-2/h31-49,52H,3-30,50-51H2,1-2H3. The van der Waals surface area contributed by atoms with Crippen LogP contribution >= 0.6 is 0 Å². The summed E-state index contributed by atoms with van der Waals surface area (Å²) >= 11 is 0. The van der Waals surface area contributed by atoms with Crippen LogP contribution < -0.4 is 23.7 Å². The van der Waals surface area contributed by atoms with Crippen LogP contribution in [-0.2, 0) is 0 Å². The molecule has 0 aliphatic heterocycles. The van der Waals surface area contributed by atoms with E-state index in [1.54, 1.807) is 66.7 Å². The second kappa shape index (κ2) is 37.4. The van der Waals surface area contributed by atoms with Crippen molar-refractivity contribution >= 4 is 29.3 Å². The van der Waals surface area contributed by atoms with Gasteiger partial charge in [-0.25, -0.2) is 14.4 Å². The summed E-state index contributed by atoms with van der Waals surface area (Å²) in [6, 6.07) is 33.4. The molecule has 0 radical (unpaired) electrons. The number of azo groups is 1. The Morgan fingerprint density at radius 3 is 0.920 bits per heavy atom. The molecule has 0 saturated heterocycles. The highest BCUT2D eigenvalue weighted by Gasteiger charge is 2.14. The fourth-order valence-electron chi connectivity index (χ4n) is 8.81. The molecule has 75 heavy (non-hydrogen) atoms. The van der Waals surface area contributed by atoms with Crippen LogP contribution in [0.2, 0.25) is 0 Å². The lowest BCUT2D eigenvalue weighted by molar-refractivity contribution is 0.0723. The van der Waals surface area contributed by atoms with Gasteiger partial charge in [0, 0.05) is 6.07 Å². The number of hydrogen-bond donors (Lipinski definition) is 0. The van der Waals surface area contributed by atoms with Gasteiger partial charge in [0.15, 0.2) is 0 Å². The molecule has 0 unspecified atom stereocenters. The minimum Gasteiger partial charge on any atom is -0.494 e. The van der Waals surface area contributed by atoms with Crippen LogP contribution in [0.15, 0.2) is 132 Å². The number of nitrogens with zero attached hydrogens (tertiary/aromatic N) is 2. The first kappa shape index (κ1) is 59.6. The number of carbonyl (C=O) groups is 3. The quantitative estimate of drug-likeness (QED) is 0.0165. The molecule has 0 aliphatic rings. The lowest BCUT2D eigenvalue weighted by Gasteiger charge is -2.09. The van der Waals surface area contributed by atoms with E-state index in [1.807, 2.05) is 24.3 Å². The third kappa shape index (κ3) is 25.7. The van der Waals surface area contributed by atoms with Crippen molar-refractivity contribution in [3.8, 4) is 28.7 Å². The van der Waals surface area contributed by atoms with Crippen molar-refractivity contribution in [3.63, 3.8) is 0 Å². The molecule has 0 heterocycles. The van der Waals surface area contributed by atoms with Gasteiger partial charge in [0.1, 0.15) is 28.7 Å². The van der Waals surface area contributed by atoms with Gasteiger partial charge >= 0.3 is 17.9 Å². The van der Waals surface area contributed by atoms with Gasteiger partial charge in [-0.1, -0.05) is 187 Å². The van der Waals surface area contributed by atoms with E-state index in [1.165, 1.54) is 191 Å². The lowest BCUT2D eigenvalue weighted by atomic mass is 10.0. The molecule has 0 spiro atoms. The minimum atomic E-state index is -0.634. The van der Waals surface area contributed by atoms with Crippen LogP contribution in [0.5, 0.6) is 28.7 Å². The summed E-state index contributed by atoms with van der Waals surface area (Å²) in [5.74, 6) is 0.454. The summed E-state index contributed by atoms with van der Waals surface area (Å²) in [5, 5.41) is 8.65. The zero-order valence-electron chi connectivity index (χ0n) is 45.4. The normalized spacial score (nSPS) is 11.2. The van der Waals surface area contributed by atoms with Crippen LogP contribution in [0.4, 0.5) is 11.4 Å². The van der Waals surface area contributed by atoms with Crippen molar-refractivity contribution in [1.82, 2.24) is 0 Å². The van der Waals surface area contributed by atoms with E-state index in [4.69, 9.17) is 23.7 Å². The first-order valence-corrected chi connectivity index (χ1v) is 28.7. The molecule has 10 heteroatoms. The fraction of sp³-hybridized carbons (Fsp3) is 0.492. The largest absolute Gasteiger partial charge is 0.494 e. The molecule has 0 aromatic heterocycles. The predicted molar refractivity (Wildman–Crippen MR) is 303 cm³/mol. The fourth-order valence-corrected chi connectivity index (χ4v) is 8.81. The van der Waals surface area contributed by atoms with Gasteiger partial charge < -0.3 is 23.7 Å². The van der Waals surface area contributed by atoms with E-state index in [-0.39, 0.29) is 22.8 Å². The monoisotopic (exact) mass is 1020 g/mol. The van der Waals surface area contributed by atoms with Gasteiger partial charge in [0.2, 0.25) is 0 Å². The second-order valence-corrected chi connectivity index (χ2v) is 19.8. The van der Waals surface area contributed by atoms with Crippen LogP contribution in [0, 0.1) is 0 Å². The van der Waals surface area contributed by atoms with Gasteiger partial charge in [0.25, 0.3) is 0 Å². The lowest BCUT2D eigenvalue weighted by Crippen LogP contribution is -2.11. The maximum absolute atomic E-state index is 13.0. The van der Waals surface area contributed by atoms with Gasteiger partial charge in [-0.15, -0.1) is 0 Å². The number of ether oxygens (including phenoxy) is 5. The van der Waals surface area contributed by atoms with Crippen molar-refractivity contribution in [3.05, 3.63) is 138 Å². The Labute approximate surface area is 449 Å². The minimum absolute atomic E-state index is 0.188. The maximum Gasteiger partial charge on any atom is 0.343 e. The summed E-state index contributed by atoms with van der Waals surface area (Å²) in [7, 11) is 0. The van der Waals surface area contributed by atoms with Crippen molar-refractivity contribution in [2.45, 2.75) is 194 Å². The van der Waals surface area contributed by atoms with Gasteiger partial charge in [-0.05, 0) is 122 Å². The molecule has 5 rings (SSSR count). The van der Waals surface area contributed by atoms with E-state index in [0.717, 1.165) is 25.0 Å². The van der Waals surface area contributed by atoms with E-state index in [9.17, 15) is 14.4 Å². The zero-order valence-corrected chi connectivity index (χ0v) is 45.4. The third-order valence-corrected chi connectivity index (χ3v) is 13.4. The van der Waals surface area contributed by atoms with E-state index in [2.05, 4.69) is 24.1 Å². The molecule has 5 aromatic rings. The Morgan fingerprint density at radius 1 is 0.307 bits per heavy atom. The number of hydrogen-bond acceptors (Lipinski definition) is 10. The highest BCUT2D eigenvalue weighted by Crippen LogP contribution is 2.26. The van der Waals surface area contributed by atoms with E-state index in [0.29, 0.717) is 41.5 Å². The first-order chi connectivity index (χ1) is 36.9. The Morgan fingerprint density at radius 2 is 0.573 bits per heavy atom. The molecule has 0 amide bonds. The number of rotatable bonds is 40. The molecule has 0 aliphatic carbocycles. The number of esters is 3. The van der Waals surface area contributed by atoms with Gasteiger partial charge in [0.05, 0.1) is 41.3 Å². The van der Waals surface area contributed by atoms with Gasteiger partial charge in [-0.3, -0.25) is 0 Å². The topological polar surface area (TPSA) is 122 Å². The average Bonchev–Trinajstić information content (AvgIpc) is 3.43. The summed E-state index contributed by atoms with van der Waals surface area (Å²) in [6.45, 7) is 5.89. The molecule has 0 bridgehead atoms. The summed E-state index contributed by atoms with van der Waals surface area (Å²) < 4.78 is 28.6. The highest BCUT2D eigenvalue weighted by molar-refractivity contribution is 5.93. The Hall–Kier alpha value is -6.29. The third-order valence-electron chi connectivity index (χ3n) is 13.4.